The molecule has 4 heteroatoms. The van der Waals surface area contributed by atoms with Gasteiger partial charge in [-0.2, -0.15) is 0 Å². The quantitative estimate of drug-likeness (QED) is 0.824. The van der Waals surface area contributed by atoms with E-state index in [1.807, 2.05) is 27.0 Å². The summed E-state index contributed by atoms with van der Waals surface area (Å²) in [6.07, 6.45) is 3.88. The van der Waals surface area contributed by atoms with E-state index in [0.29, 0.717) is 6.10 Å². The second kappa shape index (κ2) is 6.08. The van der Waals surface area contributed by atoms with Crippen molar-refractivity contribution in [2.75, 3.05) is 25.1 Å². The Bertz CT molecular complexity index is 304. The zero-order valence-corrected chi connectivity index (χ0v) is 11.0. The molecule has 0 amide bonds. The van der Waals surface area contributed by atoms with E-state index in [9.17, 15) is 0 Å². The van der Waals surface area contributed by atoms with Crippen LogP contribution in [0.4, 0.5) is 5.69 Å². The lowest BCUT2D eigenvalue weighted by Gasteiger charge is -2.20. The minimum absolute atomic E-state index is 0.291. The monoisotopic (exact) mass is 272 g/mol. The molecule has 84 valence electrons. The van der Waals surface area contributed by atoms with Crippen molar-refractivity contribution in [3.63, 3.8) is 0 Å². The smallest absolute Gasteiger partial charge is 0.0644 e. The first-order valence-electron chi connectivity index (χ1n) is 5.03. The highest BCUT2D eigenvalue weighted by atomic mass is 79.9. The molecule has 1 rings (SSSR count). The third kappa shape index (κ3) is 4.18. The lowest BCUT2D eigenvalue weighted by molar-refractivity contribution is 0.0846. The Morgan fingerprint density at radius 3 is 2.87 bits per heavy atom. The number of aromatic nitrogens is 1. The molecule has 0 aliphatic heterocycles. The summed E-state index contributed by atoms with van der Waals surface area (Å²) in [6, 6.07) is 1.99. The molecule has 0 saturated carbocycles. The molecule has 0 aliphatic rings. The summed E-state index contributed by atoms with van der Waals surface area (Å²) < 4.78 is 6.51. The highest BCUT2D eigenvalue weighted by molar-refractivity contribution is 9.10. The van der Waals surface area contributed by atoms with Gasteiger partial charge in [0.1, 0.15) is 0 Å². The maximum atomic E-state index is 5.50. The Balaban J connectivity index is 2.47. The lowest BCUT2D eigenvalue weighted by Crippen LogP contribution is -2.24. The van der Waals surface area contributed by atoms with Crippen LogP contribution in [0.1, 0.15) is 13.8 Å². The number of hydrogen-bond acceptors (Lipinski definition) is 3. The van der Waals surface area contributed by atoms with E-state index in [-0.39, 0.29) is 0 Å². The molecule has 3 nitrogen and oxygen atoms in total. The van der Waals surface area contributed by atoms with Gasteiger partial charge in [-0.3, -0.25) is 4.98 Å². The van der Waals surface area contributed by atoms with Gasteiger partial charge in [0, 0.05) is 26.0 Å². The maximum Gasteiger partial charge on any atom is 0.0644 e. The van der Waals surface area contributed by atoms with Crippen LogP contribution >= 0.6 is 15.9 Å². The Labute approximate surface area is 99.6 Å². The lowest BCUT2D eigenvalue weighted by atomic mass is 10.3. The predicted octanol–water partition coefficient (Wildman–Crippen LogP) is 2.71. The van der Waals surface area contributed by atoms with Crippen LogP contribution in [0.25, 0.3) is 0 Å². The first-order valence-corrected chi connectivity index (χ1v) is 5.83. The van der Waals surface area contributed by atoms with Gasteiger partial charge in [0.15, 0.2) is 0 Å². The predicted molar refractivity (Wildman–Crippen MR) is 66.3 cm³/mol. The maximum absolute atomic E-state index is 5.50. The van der Waals surface area contributed by atoms with Gasteiger partial charge in [-0.25, -0.2) is 0 Å². The Kier molecular flexibility index (Phi) is 5.05. The van der Waals surface area contributed by atoms with E-state index < -0.39 is 0 Å². The van der Waals surface area contributed by atoms with Crippen molar-refractivity contribution in [1.82, 2.24) is 4.98 Å². The van der Waals surface area contributed by atoms with E-state index in [2.05, 4.69) is 25.8 Å². The Morgan fingerprint density at radius 2 is 2.27 bits per heavy atom. The van der Waals surface area contributed by atoms with Crippen LogP contribution in [-0.4, -0.2) is 31.3 Å². The highest BCUT2D eigenvalue weighted by Gasteiger charge is 2.05. The van der Waals surface area contributed by atoms with Crippen molar-refractivity contribution in [3.8, 4) is 0 Å². The Hall–Kier alpha value is -0.610. The number of rotatable bonds is 5. The number of halogens is 1. The second-order valence-corrected chi connectivity index (χ2v) is 4.52. The van der Waals surface area contributed by atoms with Crippen molar-refractivity contribution in [2.24, 2.45) is 0 Å². The summed E-state index contributed by atoms with van der Waals surface area (Å²) >= 11 is 3.47. The fourth-order valence-corrected chi connectivity index (χ4v) is 1.78. The summed E-state index contributed by atoms with van der Waals surface area (Å²) in [5.74, 6) is 0. The average Bonchev–Trinajstić information content (AvgIpc) is 2.17. The molecule has 0 fully saturated rings. The van der Waals surface area contributed by atoms with Crippen LogP contribution in [-0.2, 0) is 4.74 Å². The van der Waals surface area contributed by atoms with Crippen LogP contribution in [0.2, 0.25) is 0 Å². The molecule has 0 aromatic carbocycles. The fraction of sp³-hybridized carbons (Fsp3) is 0.545. The summed E-state index contributed by atoms with van der Waals surface area (Å²) in [6.45, 7) is 5.70. The largest absolute Gasteiger partial charge is 0.377 e. The average molecular weight is 273 g/mol. The van der Waals surface area contributed by atoms with Crippen LogP contribution in [0.15, 0.2) is 22.9 Å². The molecular weight excluding hydrogens is 256 g/mol. The van der Waals surface area contributed by atoms with Gasteiger partial charge in [-0.15, -0.1) is 0 Å². The van der Waals surface area contributed by atoms with Crippen molar-refractivity contribution in [3.05, 3.63) is 22.9 Å². The number of anilines is 1. The van der Waals surface area contributed by atoms with Crippen LogP contribution < -0.4 is 4.90 Å². The fourth-order valence-electron chi connectivity index (χ4n) is 1.22. The molecule has 1 aromatic heterocycles. The summed E-state index contributed by atoms with van der Waals surface area (Å²) in [7, 11) is 2.05. The number of likely N-dealkylation sites (N-methyl/N-ethyl adjacent to an activating group) is 1. The third-order valence-electron chi connectivity index (χ3n) is 2.04. The zero-order chi connectivity index (χ0) is 11.3. The van der Waals surface area contributed by atoms with E-state index in [0.717, 1.165) is 23.3 Å². The van der Waals surface area contributed by atoms with E-state index >= 15 is 0 Å². The first kappa shape index (κ1) is 12.5. The van der Waals surface area contributed by atoms with Gasteiger partial charge in [0.2, 0.25) is 0 Å². The Morgan fingerprint density at radius 1 is 1.53 bits per heavy atom. The van der Waals surface area contributed by atoms with Crippen molar-refractivity contribution in [2.45, 2.75) is 20.0 Å². The summed E-state index contributed by atoms with van der Waals surface area (Å²) in [4.78, 5) is 6.18. The molecular formula is C11H17BrN2O. The minimum Gasteiger partial charge on any atom is -0.377 e. The van der Waals surface area contributed by atoms with Crippen molar-refractivity contribution >= 4 is 21.6 Å². The molecule has 1 heterocycles. The number of hydrogen-bond donors (Lipinski definition) is 0. The number of pyridine rings is 1. The van der Waals surface area contributed by atoms with Crippen LogP contribution in [0, 0.1) is 0 Å². The molecule has 0 spiro atoms. The highest BCUT2D eigenvalue weighted by Crippen LogP contribution is 2.23. The molecule has 15 heavy (non-hydrogen) atoms. The molecule has 0 aliphatic carbocycles. The van der Waals surface area contributed by atoms with E-state index in [1.165, 1.54) is 0 Å². The first-order chi connectivity index (χ1) is 7.11. The van der Waals surface area contributed by atoms with E-state index in [1.54, 1.807) is 12.4 Å². The third-order valence-corrected chi connectivity index (χ3v) is 2.65. The van der Waals surface area contributed by atoms with Gasteiger partial charge in [0.25, 0.3) is 0 Å². The second-order valence-electron chi connectivity index (χ2n) is 3.67. The topological polar surface area (TPSA) is 25.4 Å². The summed E-state index contributed by atoms with van der Waals surface area (Å²) in [5, 5.41) is 0. The molecule has 0 atom stereocenters. The van der Waals surface area contributed by atoms with Gasteiger partial charge in [-0.05, 0) is 35.8 Å². The molecule has 0 bridgehead atoms. The number of ether oxygens (including phenoxy) is 1. The molecule has 0 saturated heterocycles. The van der Waals surface area contributed by atoms with Crippen molar-refractivity contribution in [1.29, 1.82) is 0 Å². The molecule has 0 N–H and O–H groups in total. The SMILES string of the molecule is CC(C)OCCN(C)c1ccncc1Br. The van der Waals surface area contributed by atoms with Gasteiger partial charge < -0.3 is 9.64 Å². The van der Waals surface area contributed by atoms with Gasteiger partial charge >= 0.3 is 0 Å². The van der Waals surface area contributed by atoms with Crippen LogP contribution in [0.3, 0.4) is 0 Å². The summed E-state index contributed by atoms with van der Waals surface area (Å²) in [5.41, 5.74) is 1.14. The molecule has 0 unspecified atom stereocenters. The minimum atomic E-state index is 0.291. The standard InChI is InChI=1S/C11H17BrN2O/c1-9(2)15-7-6-14(3)11-4-5-13-8-10(11)12/h4-5,8-9H,6-7H2,1-3H3. The number of nitrogens with zero attached hydrogens (tertiary/aromatic N) is 2. The van der Waals surface area contributed by atoms with Gasteiger partial charge in [0.05, 0.1) is 22.9 Å². The molecule has 1 aromatic rings. The zero-order valence-electron chi connectivity index (χ0n) is 9.40. The molecule has 0 radical (unpaired) electrons. The van der Waals surface area contributed by atoms with Crippen LogP contribution in [0.5, 0.6) is 0 Å². The van der Waals surface area contributed by atoms with Crippen molar-refractivity contribution < 1.29 is 4.74 Å². The normalized spacial score (nSPS) is 10.7. The van der Waals surface area contributed by atoms with E-state index in [4.69, 9.17) is 4.74 Å². The van der Waals surface area contributed by atoms with Gasteiger partial charge in [-0.1, -0.05) is 0 Å².